The maximum atomic E-state index is 13.5. The number of carbonyl (C=O) groups is 1. The fourth-order valence-corrected chi connectivity index (χ4v) is 3.57. The quantitative estimate of drug-likeness (QED) is 0.544. The van der Waals surface area contributed by atoms with Gasteiger partial charge in [-0.15, -0.1) is 12.4 Å². The first-order valence-corrected chi connectivity index (χ1v) is 9.53. The molecular weight excluding hydrogens is 401 g/mol. The summed E-state index contributed by atoms with van der Waals surface area (Å²) in [5.74, 6) is 0.369. The highest BCUT2D eigenvalue weighted by Crippen LogP contribution is 2.29. The van der Waals surface area contributed by atoms with Gasteiger partial charge in [0.25, 0.3) is 0 Å². The lowest BCUT2D eigenvalue weighted by atomic mass is 10.3. The lowest BCUT2D eigenvalue weighted by Gasteiger charge is -2.22. The number of amides is 1. The number of hydrogen-bond donors (Lipinski definition) is 0. The molecule has 0 atom stereocenters. The molecule has 3 rings (SSSR count). The van der Waals surface area contributed by atoms with Crippen LogP contribution in [-0.2, 0) is 4.79 Å². The molecule has 1 amide bonds. The number of fused-ring (bicyclic) bond motifs is 1. The van der Waals surface area contributed by atoms with E-state index in [1.807, 2.05) is 49.3 Å². The number of benzene rings is 2. The van der Waals surface area contributed by atoms with Gasteiger partial charge in [-0.3, -0.25) is 9.69 Å². The van der Waals surface area contributed by atoms with Gasteiger partial charge in [0, 0.05) is 13.1 Å². The molecule has 0 radical (unpaired) electrons. The van der Waals surface area contributed by atoms with Crippen LogP contribution in [0.3, 0.4) is 0 Å². The van der Waals surface area contributed by atoms with Gasteiger partial charge in [-0.25, -0.2) is 9.37 Å². The average Bonchev–Trinajstić information content (AvgIpc) is 3.05. The van der Waals surface area contributed by atoms with Crippen LogP contribution in [0.4, 0.5) is 9.52 Å². The van der Waals surface area contributed by atoms with Crippen molar-refractivity contribution in [2.24, 2.45) is 0 Å². The number of carbonyl (C=O) groups excluding carboxylic acids is 1. The minimum Gasteiger partial charge on any atom is -0.493 e. The molecule has 1 heterocycles. The minimum atomic E-state index is -0.305. The van der Waals surface area contributed by atoms with Gasteiger partial charge in [0.05, 0.1) is 23.2 Å². The monoisotopic (exact) mass is 423 g/mol. The average molecular weight is 424 g/mol. The van der Waals surface area contributed by atoms with Gasteiger partial charge in [0.15, 0.2) is 5.13 Å². The second-order valence-corrected chi connectivity index (χ2v) is 7.38. The number of likely N-dealkylation sites (N-methyl/N-ethyl adjacent to an activating group) is 1. The van der Waals surface area contributed by atoms with Gasteiger partial charge in [-0.1, -0.05) is 29.5 Å². The van der Waals surface area contributed by atoms with E-state index in [1.165, 1.54) is 23.5 Å². The zero-order valence-corrected chi connectivity index (χ0v) is 17.4. The van der Waals surface area contributed by atoms with Crippen molar-refractivity contribution in [3.63, 3.8) is 0 Å². The lowest BCUT2D eigenvalue weighted by Crippen LogP contribution is -2.37. The number of thiazole rings is 1. The Morgan fingerprint density at radius 1 is 1.14 bits per heavy atom. The Bertz CT molecular complexity index is 905. The Hall–Kier alpha value is -2.22. The molecule has 3 aromatic rings. The first kappa shape index (κ1) is 22.1. The van der Waals surface area contributed by atoms with Gasteiger partial charge in [0.2, 0.25) is 5.91 Å². The third kappa shape index (κ3) is 5.89. The van der Waals surface area contributed by atoms with Crippen LogP contribution in [0.5, 0.6) is 5.75 Å². The lowest BCUT2D eigenvalue weighted by molar-refractivity contribution is -0.119. The van der Waals surface area contributed by atoms with Gasteiger partial charge in [0.1, 0.15) is 11.6 Å². The van der Waals surface area contributed by atoms with Crippen LogP contribution < -0.4 is 9.64 Å². The summed E-state index contributed by atoms with van der Waals surface area (Å²) in [6, 6.07) is 13.9. The summed E-state index contributed by atoms with van der Waals surface area (Å²) in [6.07, 6.45) is 0.243. The van der Waals surface area contributed by atoms with Crippen LogP contribution in [-0.4, -0.2) is 49.6 Å². The number of ether oxygens (including phenoxy) is 1. The maximum absolute atomic E-state index is 13.5. The SMILES string of the molecule is CN(C)CCN(C(=O)CCOc1ccccc1)c1nc2ccc(F)cc2s1.Cl. The van der Waals surface area contributed by atoms with E-state index < -0.39 is 0 Å². The molecule has 0 saturated carbocycles. The minimum absolute atomic E-state index is 0. The van der Waals surface area contributed by atoms with E-state index in [1.54, 1.807) is 11.0 Å². The number of rotatable bonds is 8. The van der Waals surface area contributed by atoms with Crippen molar-refractivity contribution in [1.82, 2.24) is 9.88 Å². The Labute approximate surface area is 174 Å². The second kappa shape index (κ2) is 10.4. The van der Waals surface area contributed by atoms with Gasteiger partial charge < -0.3 is 9.64 Å². The molecule has 5 nitrogen and oxygen atoms in total. The smallest absolute Gasteiger partial charge is 0.232 e. The van der Waals surface area contributed by atoms with Crippen molar-refractivity contribution < 1.29 is 13.9 Å². The van der Waals surface area contributed by atoms with Crippen LogP contribution in [0.15, 0.2) is 48.5 Å². The zero-order chi connectivity index (χ0) is 19.2. The van der Waals surface area contributed by atoms with Gasteiger partial charge >= 0.3 is 0 Å². The number of anilines is 1. The fraction of sp³-hybridized carbons (Fsp3) is 0.300. The molecular formula is C20H23ClFN3O2S. The normalized spacial score (nSPS) is 10.7. The fourth-order valence-electron chi connectivity index (χ4n) is 2.54. The van der Waals surface area contributed by atoms with E-state index in [0.717, 1.165) is 10.4 Å². The van der Waals surface area contributed by atoms with Crippen LogP contribution in [0, 0.1) is 5.82 Å². The molecule has 0 bridgehead atoms. The molecule has 0 N–H and O–H groups in total. The number of hydrogen-bond acceptors (Lipinski definition) is 5. The summed E-state index contributed by atoms with van der Waals surface area (Å²) < 4.78 is 19.8. The Balaban J connectivity index is 0.00000280. The molecule has 0 spiro atoms. The van der Waals surface area contributed by atoms with Gasteiger partial charge in [-0.05, 0) is 44.4 Å². The Kier molecular flexibility index (Phi) is 8.17. The van der Waals surface area contributed by atoms with Crippen molar-refractivity contribution in [2.45, 2.75) is 6.42 Å². The van der Waals surface area contributed by atoms with E-state index in [0.29, 0.717) is 30.3 Å². The number of aromatic nitrogens is 1. The van der Waals surface area contributed by atoms with Crippen molar-refractivity contribution in [2.75, 3.05) is 38.7 Å². The van der Waals surface area contributed by atoms with Crippen molar-refractivity contribution in [3.8, 4) is 5.75 Å². The molecule has 2 aromatic carbocycles. The summed E-state index contributed by atoms with van der Waals surface area (Å²) in [4.78, 5) is 21.0. The molecule has 150 valence electrons. The Morgan fingerprint density at radius 3 is 2.61 bits per heavy atom. The summed E-state index contributed by atoms with van der Waals surface area (Å²) in [5, 5.41) is 0.585. The summed E-state index contributed by atoms with van der Waals surface area (Å²) in [5.41, 5.74) is 0.694. The van der Waals surface area contributed by atoms with Gasteiger partial charge in [-0.2, -0.15) is 0 Å². The Morgan fingerprint density at radius 2 is 1.89 bits per heavy atom. The molecule has 0 saturated heterocycles. The third-order valence-corrected chi connectivity index (χ3v) is 5.01. The van der Waals surface area contributed by atoms with Crippen LogP contribution in [0.25, 0.3) is 10.2 Å². The highest BCUT2D eigenvalue weighted by molar-refractivity contribution is 7.22. The van der Waals surface area contributed by atoms with Crippen molar-refractivity contribution >= 4 is 45.0 Å². The summed E-state index contributed by atoms with van der Waals surface area (Å²) in [7, 11) is 3.91. The highest BCUT2D eigenvalue weighted by Gasteiger charge is 2.20. The second-order valence-electron chi connectivity index (χ2n) is 6.37. The molecule has 28 heavy (non-hydrogen) atoms. The first-order chi connectivity index (χ1) is 13.0. The van der Waals surface area contributed by atoms with Crippen molar-refractivity contribution in [3.05, 3.63) is 54.3 Å². The predicted octanol–water partition coefficient (Wildman–Crippen LogP) is 4.22. The number of halogens is 2. The molecule has 0 unspecified atom stereocenters. The maximum Gasteiger partial charge on any atom is 0.232 e. The molecule has 8 heteroatoms. The van der Waals surface area contributed by atoms with Crippen molar-refractivity contribution in [1.29, 1.82) is 0 Å². The van der Waals surface area contributed by atoms with Crippen LogP contribution in [0.2, 0.25) is 0 Å². The molecule has 0 aliphatic heterocycles. The summed E-state index contributed by atoms with van der Waals surface area (Å²) >= 11 is 1.32. The standard InChI is InChI=1S/C20H22FN3O2S.ClH/c1-23(2)11-12-24(19(25)10-13-26-16-6-4-3-5-7-16)20-22-17-9-8-15(21)14-18(17)27-20;/h3-9,14H,10-13H2,1-2H3;1H. The molecule has 0 fully saturated rings. The third-order valence-electron chi connectivity index (χ3n) is 3.97. The number of nitrogens with zero attached hydrogens (tertiary/aromatic N) is 3. The summed E-state index contributed by atoms with van der Waals surface area (Å²) in [6.45, 7) is 1.51. The largest absolute Gasteiger partial charge is 0.493 e. The van der Waals surface area contributed by atoms with E-state index >= 15 is 0 Å². The molecule has 1 aromatic heterocycles. The predicted molar refractivity (Wildman–Crippen MR) is 114 cm³/mol. The first-order valence-electron chi connectivity index (χ1n) is 8.72. The molecule has 0 aliphatic rings. The van der Waals surface area contributed by atoms with E-state index in [-0.39, 0.29) is 30.6 Å². The van der Waals surface area contributed by atoms with E-state index in [4.69, 9.17) is 4.74 Å². The molecule has 0 aliphatic carbocycles. The topological polar surface area (TPSA) is 45.7 Å². The highest BCUT2D eigenvalue weighted by atomic mass is 35.5. The van der Waals surface area contributed by atoms with E-state index in [9.17, 15) is 9.18 Å². The van der Waals surface area contributed by atoms with Crippen LogP contribution >= 0.6 is 23.7 Å². The van der Waals surface area contributed by atoms with Crippen LogP contribution in [0.1, 0.15) is 6.42 Å². The number of para-hydroxylation sites is 1. The van der Waals surface area contributed by atoms with E-state index in [2.05, 4.69) is 4.98 Å². The zero-order valence-electron chi connectivity index (χ0n) is 15.8.